The van der Waals surface area contributed by atoms with Crippen LogP contribution in [0.5, 0.6) is 11.5 Å². The number of nitrogens with zero attached hydrogens (tertiary/aromatic N) is 1. The molecule has 14 nitrogen and oxygen atoms in total. The zero-order valence-corrected chi connectivity index (χ0v) is 28.7. The summed E-state index contributed by atoms with van der Waals surface area (Å²) in [4.78, 5) is 19.6. The number of aromatic nitrogens is 3. The maximum absolute atomic E-state index is 15.2. The number of thiol groups is 1. The molecule has 53 heavy (non-hydrogen) atoms. The predicted molar refractivity (Wildman–Crippen MR) is 184 cm³/mol. The number of esters is 1. The molecule has 1 atom stereocenters. The van der Waals surface area contributed by atoms with Crippen molar-refractivity contribution >= 4 is 40.1 Å². The third-order valence-electron chi connectivity index (χ3n) is 7.98. The van der Waals surface area contributed by atoms with Crippen molar-refractivity contribution in [2.75, 3.05) is 13.7 Å². The predicted octanol–water partition coefficient (Wildman–Crippen LogP) is 1.63. The minimum Gasteiger partial charge on any atom is -0.493 e. The molecule has 0 bridgehead atoms. The van der Waals surface area contributed by atoms with E-state index in [1.54, 1.807) is 25.1 Å². The maximum Gasteiger partial charge on any atom is 0.313 e. The molecule has 0 spiro atoms. The number of rotatable bonds is 10. The number of hydrogen-bond acceptors (Lipinski definition) is 13. The summed E-state index contributed by atoms with van der Waals surface area (Å²) in [6.07, 6.45) is 1.60. The van der Waals surface area contributed by atoms with E-state index in [0.29, 0.717) is 11.3 Å². The maximum atomic E-state index is 15.2. The molecule has 4 radical (unpaired) electrons. The van der Waals surface area contributed by atoms with Gasteiger partial charge < -0.3 is 59.9 Å². The molecule has 1 aliphatic heterocycles. The Bertz CT molecular complexity index is 2020. The van der Waals surface area contributed by atoms with E-state index in [4.69, 9.17) is 40.5 Å². The average Bonchev–Trinajstić information content (AvgIpc) is 3.78. The summed E-state index contributed by atoms with van der Waals surface area (Å²) >= 11 is 3.88. The Kier molecular flexibility index (Phi) is 12.3. The number of aromatic amines is 2. The Morgan fingerprint density at radius 2 is 1.81 bits per heavy atom. The number of hydrogen-bond donors (Lipinski definition) is 10. The van der Waals surface area contributed by atoms with Crippen LogP contribution in [-0.2, 0) is 20.6 Å². The van der Waals surface area contributed by atoms with Crippen LogP contribution in [0.2, 0.25) is 0 Å². The van der Waals surface area contributed by atoms with Gasteiger partial charge in [0.2, 0.25) is 5.83 Å². The average molecular weight is 757 g/mol. The molecule has 1 unspecified atom stereocenters. The van der Waals surface area contributed by atoms with Crippen molar-refractivity contribution in [2.45, 2.75) is 42.5 Å². The van der Waals surface area contributed by atoms with Crippen molar-refractivity contribution in [1.29, 1.82) is 0 Å². The quantitative estimate of drug-likeness (QED) is 0.0278. The van der Waals surface area contributed by atoms with Crippen LogP contribution in [0, 0.1) is 12.7 Å². The zero-order chi connectivity index (χ0) is 39.5. The van der Waals surface area contributed by atoms with Gasteiger partial charge in [-0.1, -0.05) is 18.2 Å². The van der Waals surface area contributed by atoms with Gasteiger partial charge in [0.15, 0.2) is 27.3 Å². The van der Waals surface area contributed by atoms with Crippen LogP contribution in [0.15, 0.2) is 71.9 Å². The second-order valence-electron chi connectivity index (χ2n) is 11.7. The van der Waals surface area contributed by atoms with Gasteiger partial charge in [0.1, 0.15) is 40.9 Å². The standard InChI is InChI=1S/C29H24B2F3N3O6S.C4H8O5/c1-14-3-2-4-18-25(14)42-10-8-27(18,29(31,40)41)21-12-36-26(37-21)16-11-15(5-6-19(16)32)43-20(13-44)22(33)23(34)24-17(7-9-35-24)28(30,38)39;1-9-3(5)2-4(6,7)8/h2-7,9,11-13,35,38-41,44H,8,10H2,1H3,(H,36,37);6-8H,2H2,1H3/b20-13-,23-22-;. The number of methoxy groups -OCH3 is 1. The van der Waals surface area contributed by atoms with Crippen molar-refractivity contribution in [3.8, 4) is 22.9 Å². The van der Waals surface area contributed by atoms with Gasteiger partial charge in [-0.15, -0.1) is 12.6 Å². The first-order valence-electron chi connectivity index (χ1n) is 15.2. The summed E-state index contributed by atoms with van der Waals surface area (Å²) in [6.45, 7) is 1.88. The first-order chi connectivity index (χ1) is 24.6. The number of para-hydroxylation sites is 1. The van der Waals surface area contributed by atoms with Gasteiger partial charge in [-0.05, 0) is 36.8 Å². The van der Waals surface area contributed by atoms with Gasteiger partial charge >= 0.3 is 5.97 Å². The van der Waals surface area contributed by atoms with Gasteiger partial charge in [-0.3, -0.25) is 4.79 Å². The SMILES string of the molecule is COC(=O)CC(O)(O)O.[B]C(O)(O)c1cc[nH]c1/C(F)=C(F)\C(=C\S)Oc1ccc(F)c(-c2ncc(C3(C([B])(O)O)CCOc4c(C)cccc43)[nH]2)c1. The van der Waals surface area contributed by atoms with E-state index < -0.39 is 69.6 Å². The Hall–Kier alpha value is -4.53. The number of ether oxygens (including phenoxy) is 3. The lowest BCUT2D eigenvalue weighted by Gasteiger charge is -2.45. The van der Waals surface area contributed by atoms with Crippen LogP contribution in [0.25, 0.3) is 17.2 Å². The van der Waals surface area contributed by atoms with E-state index in [1.807, 2.05) is 0 Å². The lowest BCUT2D eigenvalue weighted by Crippen LogP contribution is -2.55. The molecule has 9 N–H and O–H groups in total. The van der Waals surface area contributed by atoms with Crippen LogP contribution >= 0.6 is 12.6 Å². The van der Waals surface area contributed by atoms with E-state index in [2.05, 4.69) is 32.3 Å². The molecule has 0 aliphatic carbocycles. The van der Waals surface area contributed by atoms with Crippen molar-refractivity contribution in [3.05, 3.63) is 106 Å². The zero-order valence-electron chi connectivity index (χ0n) is 27.8. The largest absolute Gasteiger partial charge is 0.493 e. The van der Waals surface area contributed by atoms with E-state index in [9.17, 15) is 25.2 Å². The summed E-state index contributed by atoms with van der Waals surface area (Å²) < 4.78 is 60.6. The number of fused-ring (bicyclic) bond motifs is 1. The summed E-state index contributed by atoms with van der Waals surface area (Å²) in [6, 6.07) is 9.48. The number of aryl methyl sites for hydroxylation is 1. The number of allylic oxidation sites excluding steroid dienone is 1. The van der Waals surface area contributed by atoms with E-state index in [-0.39, 0.29) is 35.9 Å². The lowest BCUT2D eigenvalue weighted by atomic mass is 9.60. The van der Waals surface area contributed by atoms with Crippen LogP contribution < -0.4 is 9.47 Å². The highest BCUT2D eigenvalue weighted by atomic mass is 32.1. The second kappa shape index (κ2) is 15.8. The summed E-state index contributed by atoms with van der Waals surface area (Å²) in [5.74, 6) is -8.32. The normalized spacial score (nSPS) is 16.8. The smallest absolute Gasteiger partial charge is 0.313 e. The third kappa shape index (κ3) is 8.99. The molecule has 0 amide bonds. The number of nitrogens with one attached hydrogen (secondary N) is 2. The molecule has 5 rings (SSSR count). The summed E-state index contributed by atoms with van der Waals surface area (Å²) in [7, 11) is 12.2. The number of halogens is 3. The highest BCUT2D eigenvalue weighted by Crippen LogP contribution is 2.49. The van der Waals surface area contributed by atoms with Gasteiger partial charge in [0.05, 0.1) is 36.1 Å². The van der Waals surface area contributed by atoms with E-state index in [1.165, 1.54) is 6.20 Å². The topological polar surface area (TPSA) is 231 Å². The molecule has 20 heteroatoms. The van der Waals surface area contributed by atoms with Crippen LogP contribution in [0.1, 0.15) is 40.9 Å². The molecule has 4 aromatic rings. The monoisotopic (exact) mass is 757 g/mol. The highest BCUT2D eigenvalue weighted by molar-refractivity contribution is 7.83. The molecular weight excluding hydrogens is 725 g/mol. The molecule has 278 valence electrons. The molecular formula is C33H32B2F3N3O11S. The second-order valence-corrected chi connectivity index (χ2v) is 12.0. The van der Waals surface area contributed by atoms with Crippen LogP contribution in [0.3, 0.4) is 0 Å². The molecule has 2 aromatic heterocycles. The Morgan fingerprint density at radius 3 is 2.40 bits per heavy atom. The molecule has 1 aliphatic rings. The number of carbonyl (C=O) groups is 1. The Morgan fingerprint density at radius 1 is 1.11 bits per heavy atom. The van der Waals surface area contributed by atoms with Gasteiger partial charge in [0, 0.05) is 35.3 Å². The number of carbonyl (C=O) groups excluding carboxylic acids is 1. The van der Waals surface area contributed by atoms with Crippen molar-refractivity contribution in [1.82, 2.24) is 15.0 Å². The first kappa shape index (κ1) is 41.2. The molecule has 0 saturated carbocycles. The minimum atomic E-state index is -2.97. The van der Waals surface area contributed by atoms with Gasteiger partial charge in [-0.2, -0.15) is 4.39 Å². The lowest BCUT2D eigenvalue weighted by molar-refractivity contribution is -0.311. The molecule has 0 saturated heterocycles. The molecule has 2 aromatic carbocycles. The third-order valence-corrected chi connectivity index (χ3v) is 8.21. The fourth-order valence-corrected chi connectivity index (χ4v) is 5.67. The Balaban J connectivity index is 0.000000618. The fraction of sp³-hybridized carbons (Fsp3) is 0.273. The van der Waals surface area contributed by atoms with E-state index >= 15 is 13.2 Å². The van der Waals surface area contributed by atoms with Crippen LogP contribution in [0.4, 0.5) is 13.2 Å². The van der Waals surface area contributed by atoms with Crippen LogP contribution in [-0.4, -0.2) is 97.7 Å². The Labute approximate surface area is 307 Å². The molecule has 3 heterocycles. The van der Waals surface area contributed by atoms with Crippen molar-refractivity contribution in [2.24, 2.45) is 0 Å². The van der Waals surface area contributed by atoms with Gasteiger partial charge in [0.25, 0.3) is 5.97 Å². The first-order valence-corrected chi connectivity index (χ1v) is 15.7. The summed E-state index contributed by atoms with van der Waals surface area (Å²) in [5.41, 5.74) is -7.49. The fourth-order valence-electron chi connectivity index (χ4n) is 5.50. The number of H-pyrrole nitrogens is 2. The minimum absolute atomic E-state index is 0.0356. The van der Waals surface area contributed by atoms with Gasteiger partial charge in [-0.25, -0.2) is 13.8 Å². The van der Waals surface area contributed by atoms with E-state index in [0.717, 1.165) is 48.5 Å². The number of benzene rings is 2. The van der Waals surface area contributed by atoms with Crippen molar-refractivity contribution in [3.63, 3.8) is 0 Å². The molecule has 0 fully saturated rings. The number of aliphatic hydroxyl groups is 7. The van der Waals surface area contributed by atoms with Crippen molar-refractivity contribution < 1.29 is 67.9 Å². The summed E-state index contributed by atoms with van der Waals surface area (Å²) in [5, 5.41) is 66.1. The highest BCUT2D eigenvalue weighted by Gasteiger charge is 2.53. The number of imidazole rings is 1.